The number of rotatable bonds is 3. The first-order valence-electron chi connectivity index (χ1n) is 12.4. The summed E-state index contributed by atoms with van der Waals surface area (Å²) in [7, 11) is 0. The maximum atomic E-state index is 14.7. The molecule has 3 aliphatic heterocycles. The number of nitrogens with one attached hydrogen (secondary N) is 3. The van der Waals surface area contributed by atoms with E-state index in [4.69, 9.17) is 14.2 Å². The van der Waals surface area contributed by atoms with Gasteiger partial charge >= 0.3 is 12.4 Å². The first-order chi connectivity index (χ1) is 17.0. The molecule has 5 unspecified atom stereocenters. The Balaban J connectivity index is 1.59. The van der Waals surface area contributed by atoms with Gasteiger partial charge in [-0.15, -0.1) is 0 Å². The van der Waals surface area contributed by atoms with Crippen LogP contribution >= 0.6 is 0 Å². The SMILES string of the molecule is C[C@@H]1CCCCC[C@](OCc2ccccc2)(C(F)(F)F)C2NNC(O2)C2CCC(C(F)(F)F)C(N2)O1. The molecule has 0 spiro atoms. The number of alkyl halides is 6. The number of hydrazine groups is 1. The van der Waals surface area contributed by atoms with Crippen LogP contribution in [0.15, 0.2) is 30.3 Å². The third kappa shape index (κ3) is 6.16. The van der Waals surface area contributed by atoms with E-state index in [0.29, 0.717) is 24.8 Å². The van der Waals surface area contributed by atoms with E-state index in [1.165, 1.54) is 0 Å². The van der Waals surface area contributed by atoms with E-state index in [1.807, 2.05) is 0 Å². The second kappa shape index (κ2) is 11.1. The lowest BCUT2D eigenvalue weighted by Crippen LogP contribution is -2.61. The molecular formula is C24H33F6N3O3. The molecule has 3 saturated heterocycles. The summed E-state index contributed by atoms with van der Waals surface area (Å²) in [6, 6.07) is 7.87. The number of benzene rings is 1. The zero-order chi connectivity index (χ0) is 26.0. The van der Waals surface area contributed by atoms with Gasteiger partial charge in [-0.2, -0.15) is 26.3 Å². The number of ether oxygens (including phenoxy) is 3. The van der Waals surface area contributed by atoms with E-state index in [1.54, 1.807) is 37.3 Å². The van der Waals surface area contributed by atoms with Gasteiger partial charge in [-0.05, 0) is 38.2 Å². The van der Waals surface area contributed by atoms with E-state index in [9.17, 15) is 26.3 Å². The Morgan fingerprint density at radius 1 is 0.917 bits per heavy atom. The zero-order valence-corrected chi connectivity index (χ0v) is 20.0. The van der Waals surface area contributed by atoms with Gasteiger partial charge in [0.2, 0.25) is 5.60 Å². The van der Waals surface area contributed by atoms with E-state index in [0.717, 1.165) is 0 Å². The predicted octanol–water partition coefficient (Wildman–Crippen LogP) is 4.91. The average molecular weight is 526 g/mol. The van der Waals surface area contributed by atoms with Crippen LogP contribution in [0, 0.1) is 5.92 Å². The average Bonchev–Trinajstić information content (AvgIpc) is 3.30. The summed E-state index contributed by atoms with van der Waals surface area (Å²) < 4.78 is 102. The standard InChI is InChI=1S/C24H33F6N3O3/c1-15-8-4-3-7-13-22(24(28,29)30,34-14-16-9-5-2-6-10-16)21-33-32-20(36-21)18-12-11-17(23(25,26)27)19(31-18)35-15/h2,5-6,9-10,15,17-21,31-33H,3-4,7-8,11-14H2,1H3/t15-,17?,18?,19?,20?,21?,22-/m1/s1. The van der Waals surface area contributed by atoms with Crippen molar-refractivity contribution >= 4 is 0 Å². The second-order valence-corrected chi connectivity index (χ2v) is 9.85. The molecule has 7 atom stereocenters. The summed E-state index contributed by atoms with van der Waals surface area (Å²) in [5.41, 5.74) is 3.25. The third-order valence-electron chi connectivity index (χ3n) is 7.24. The molecule has 0 aromatic heterocycles. The molecule has 3 fully saturated rings. The Bertz CT molecular complexity index is 843. The van der Waals surface area contributed by atoms with Gasteiger partial charge in [-0.1, -0.05) is 49.6 Å². The molecule has 12 heteroatoms. The fourth-order valence-corrected chi connectivity index (χ4v) is 5.18. The molecule has 0 radical (unpaired) electrons. The van der Waals surface area contributed by atoms with Crippen LogP contribution in [0.5, 0.6) is 0 Å². The highest BCUT2D eigenvalue weighted by Gasteiger charge is 2.63. The topological polar surface area (TPSA) is 63.8 Å². The van der Waals surface area contributed by atoms with Crippen molar-refractivity contribution in [3.05, 3.63) is 35.9 Å². The van der Waals surface area contributed by atoms with Crippen LogP contribution in [-0.4, -0.2) is 48.8 Å². The van der Waals surface area contributed by atoms with Crippen LogP contribution in [-0.2, 0) is 20.8 Å². The van der Waals surface area contributed by atoms with Gasteiger partial charge in [0.05, 0.1) is 24.7 Å². The van der Waals surface area contributed by atoms with Crippen LogP contribution in [0.2, 0.25) is 0 Å². The molecule has 0 saturated carbocycles. The quantitative estimate of drug-likeness (QED) is 0.488. The Morgan fingerprint density at radius 3 is 2.36 bits per heavy atom. The summed E-state index contributed by atoms with van der Waals surface area (Å²) in [6.07, 6.45) is -12.5. The highest BCUT2D eigenvalue weighted by atomic mass is 19.4. The van der Waals surface area contributed by atoms with E-state index in [-0.39, 0.29) is 32.3 Å². The third-order valence-corrected chi connectivity index (χ3v) is 7.24. The smallest absolute Gasteiger partial charge is 0.360 e. The van der Waals surface area contributed by atoms with Crippen molar-refractivity contribution in [2.24, 2.45) is 5.92 Å². The van der Waals surface area contributed by atoms with Crippen molar-refractivity contribution in [1.29, 1.82) is 0 Å². The summed E-state index contributed by atoms with van der Waals surface area (Å²) in [5, 5.41) is 2.85. The monoisotopic (exact) mass is 525 g/mol. The molecular weight excluding hydrogens is 492 g/mol. The summed E-state index contributed by atoms with van der Waals surface area (Å²) in [4.78, 5) is 0. The van der Waals surface area contributed by atoms with Crippen molar-refractivity contribution in [2.75, 3.05) is 0 Å². The summed E-state index contributed by atoms with van der Waals surface area (Å²) >= 11 is 0. The highest BCUT2D eigenvalue weighted by molar-refractivity contribution is 5.14. The highest BCUT2D eigenvalue weighted by Crippen LogP contribution is 2.44. The summed E-state index contributed by atoms with van der Waals surface area (Å²) in [6.45, 7) is 1.42. The Morgan fingerprint density at radius 2 is 1.67 bits per heavy atom. The van der Waals surface area contributed by atoms with Crippen LogP contribution in [0.3, 0.4) is 0 Å². The molecule has 4 bridgehead atoms. The second-order valence-electron chi connectivity index (χ2n) is 9.85. The van der Waals surface area contributed by atoms with Crippen LogP contribution in [0.1, 0.15) is 57.4 Å². The van der Waals surface area contributed by atoms with Gasteiger partial charge in [0.15, 0.2) is 6.23 Å². The molecule has 0 amide bonds. The molecule has 0 aliphatic carbocycles. The molecule has 204 valence electrons. The minimum Gasteiger partial charge on any atom is -0.360 e. The normalized spacial score (nSPS) is 36.9. The van der Waals surface area contributed by atoms with Gasteiger partial charge in [0, 0.05) is 0 Å². The lowest BCUT2D eigenvalue weighted by atomic mass is 9.90. The first kappa shape index (κ1) is 27.6. The summed E-state index contributed by atoms with van der Waals surface area (Å²) in [5.74, 6) is -1.71. The largest absolute Gasteiger partial charge is 0.421 e. The number of piperidine rings is 1. The van der Waals surface area contributed by atoms with Crippen LogP contribution in [0.4, 0.5) is 26.3 Å². The van der Waals surface area contributed by atoms with Crippen molar-refractivity contribution in [1.82, 2.24) is 16.2 Å². The Kier molecular flexibility index (Phi) is 8.52. The molecule has 3 heterocycles. The van der Waals surface area contributed by atoms with Crippen molar-refractivity contribution in [3.63, 3.8) is 0 Å². The number of halogens is 6. The lowest BCUT2D eigenvalue weighted by Gasteiger charge is -2.42. The van der Waals surface area contributed by atoms with Gasteiger partial charge in [-0.3, -0.25) is 5.32 Å². The van der Waals surface area contributed by atoms with E-state index in [2.05, 4.69) is 16.2 Å². The minimum atomic E-state index is -4.77. The molecule has 3 N–H and O–H groups in total. The Hall–Kier alpha value is -1.44. The molecule has 1 aromatic rings. The fourth-order valence-electron chi connectivity index (χ4n) is 5.18. The molecule has 1 aromatic carbocycles. The first-order valence-corrected chi connectivity index (χ1v) is 12.4. The van der Waals surface area contributed by atoms with Crippen LogP contribution in [0.25, 0.3) is 0 Å². The lowest BCUT2D eigenvalue weighted by molar-refractivity contribution is -0.321. The van der Waals surface area contributed by atoms with Gasteiger partial charge in [-0.25, -0.2) is 10.9 Å². The van der Waals surface area contributed by atoms with Gasteiger partial charge < -0.3 is 14.2 Å². The Labute approximate surface area is 206 Å². The van der Waals surface area contributed by atoms with Crippen LogP contribution < -0.4 is 16.2 Å². The fraction of sp³-hybridized carbons (Fsp3) is 0.750. The maximum Gasteiger partial charge on any atom is 0.421 e. The molecule has 6 nitrogen and oxygen atoms in total. The molecule has 36 heavy (non-hydrogen) atoms. The zero-order valence-electron chi connectivity index (χ0n) is 20.0. The van der Waals surface area contributed by atoms with Gasteiger partial charge in [0.1, 0.15) is 12.5 Å². The predicted molar refractivity (Wildman–Crippen MR) is 118 cm³/mol. The molecule has 4 rings (SSSR count). The maximum absolute atomic E-state index is 14.7. The molecule has 3 aliphatic rings. The van der Waals surface area contributed by atoms with E-state index < -0.39 is 54.7 Å². The minimum absolute atomic E-state index is 0.0500. The van der Waals surface area contributed by atoms with Crippen molar-refractivity contribution in [2.45, 2.75) is 107 Å². The van der Waals surface area contributed by atoms with Gasteiger partial charge in [0.25, 0.3) is 0 Å². The van der Waals surface area contributed by atoms with Crippen molar-refractivity contribution < 1.29 is 40.6 Å². The number of hydrogen-bond acceptors (Lipinski definition) is 6. The number of fused-ring (bicyclic) bond motifs is 5. The van der Waals surface area contributed by atoms with Crippen molar-refractivity contribution in [3.8, 4) is 0 Å². The number of hydrogen-bond donors (Lipinski definition) is 3. The van der Waals surface area contributed by atoms with E-state index >= 15 is 0 Å².